The van der Waals surface area contributed by atoms with Crippen molar-refractivity contribution in [2.24, 2.45) is 4.99 Å². The fraction of sp³-hybridized carbons (Fsp3) is 0.391. The minimum absolute atomic E-state index is 0.171. The van der Waals surface area contributed by atoms with E-state index < -0.39 is 21.9 Å². The largest absolute Gasteiger partial charge is 0.448 e. The van der Waals surface area contributed by atoms with Crippen molar-refractivity contribution in [1.82, 2.24) is 4.72 Å². The molecule has 0 radical (unpaired) electrons. The molecule has 3 aliphatic rings. The van der Waals surface area contributed by atoms with E-state index in [1.165, 1.54) is 6.07 Å². The summed E-state index contributed by atoms with van der Waals surface area (Å²) in [6.45, 7) is 0. The molecule has 2 heterocycles. The van der Waals surface area contributed by atoms with Gasteiger partial charge in [0.15, 0.2) is 11.5 Å². The Morgan fingerprint density at radius 3 is 2.73 bits per heavy atom. The molecule has 2 aromatic carbocycles. The van der Waals surface area contributed by atoms with Crippen LogP contribution in [-0.4, -0.2) is 44.0 Å². The number of carbonyl (C=O) groups is 1. The first-order chi connectivity index (χ1) is 15.9. The van der Waals surface area contributed by atoms with Gasteiger partial charge in [0, 0.05) is 30.2 Å². The van der Waals surface area contributed by atoms with Gasteiger partial charge >= 0.3 is 0 Å². The summed E-state index contributed by atoms with van der Waals surface area (Å²) in [7, 11) is -3.67. The van der Waals surface area contributed by atoms with Gasteiger partial charge in [0.1, 0.15) is 11.9 Å². The summed E-state index contributed by atoms with van der Waals surface area (Å²) in [5, 5.41) is 2.91. The van der Waals surface area contributed by atoms with Gasteiger partial charge in [-0.25, -0.2) is 8.42 Å². The second kappa shape index (κ2) is 8.57. The van der Waals surface area contributed by atoms with Gasteiger partial charge in [0.05, 0.1) is 4.90 Å². The lowest BCUT2D eigenvalue weighted by molar-refractivity contribution is -0.117. The van der Waals surface area contributed by atoms with E-state index in [9.17, 15) is 13.2 Å². The summed E-state index contributed by atoms with van der Waals surface area (Å²) in [6, 6.07) is 11.2. The van der Waals surface area contributed by atoms with Crippen LogP contribution >= 0.6 is 11.8 Å². The number of carbonyl (C=O) groups excluding carboxylic acids is 1. The van der Waals surface area contributed by atoms with Crippen molar-refractivity contribution >= 4 is 39.2 Å². The minimum Gasteiger partial charge on any atom is -0.448 e. The summed E-state index contributed by atoms with van der Waals surface area (Å²) in [5.74, 6) is 1.33. The Morgan fingerprint density at radius 1 is 1.18 bits per heavy atom. The zero-order valence-corrected chi connectivity index (χ0v) is 19.8. The topological polar surface area (TPSA) is 106 Å². The first-order valence-electron chi connectivity index (χ1n) is 10.9. The van der Waals surface area contributed by atoms with Gasteiger partial charge in [0.25, 0.3) is 15.8 Å². The first-order valence-corrected chi connectivity index (χ1v) is 13.8. The molecule has 1 aliphatic carbocycles. The summed E-state index contributed by atoms with van der Waals surface area (Å²) in [5.41, 5.74) is 1.06. The van der Waals surface area contributed by atoms with E-state index in [0.717, 1.165) is 25.7 Å². The lowest BCUT2D eigenvalue weighted by Gasteiger charge is -2.21. The van der Waals surface area contributed by atoms with Crippen LogP contribution in [0.25, 0.3) is 0 Å². The van der Waals surface area contributed by atoms with Gasteiger partial charge in [-0.2, -0.15) is 11.8 Å². The summed E-state index contributed by atoms with van der Waals surface area (Å²) in [6.07, 6.45) is 6.27. The Morgan fingerprint density at radius 2 is 1.94 bits per heavy atom. The number of ether oxygens (including phenoxy) is 2. The van der Waals surface area contributed by atoms with Crippen molar-refractivity contribution in [2.45, 2.75) is 48.8 Å². The molecule has 2 aromatic rings. The summed E-state index contributed by atoms with van der Waals surface area (Å²) in [4.78, 5) is 17.8. The monoisotopic (exact) mass is 487 g/mol. The lowest BCUT2D eigenvalue weighted by Crippen LogP contribution is -2.34. The smallest absolute Gasteiger partial charge is 0.263 e. The number of anilines is 1. The highest BCUT2D eigenvalue weighted by molar-refractivity contribution is 7.98. The molecule has 10 heteroatoms. The van der Waals surface area contributed by atoms with E-state index in [1.807, 2.05) is 12.3 Å². The molecule has 1 amide bonds. The van der Waals surface area contributed by atoms with Crippen LogP contribution in [0.1, 0.15) is 37.7 Å². The predicted octanol–water partition coefficient (Wildman–Crippen LogP) is 3.53. The fourth-order valence-corrected chi connectivity index (χ4v) is 6.08. The molecule has 0 bridgehead atoms. The normalized spacial score (nSPS) is 21.1. The predicted molar refractivity (Wildman–Crippen MR) is 128 cm³/mol. The third-order valence-corrected chi connectivity index (χ3v) is 8.06. The Labute approximate surface area is 197 Å². The van der Waals surface area contributed by atoms with E-state index in [1.54, 1.807) is 42.1 Å². The number of hydrogen-bond donors (Lipinski definition) is 2. The summed E-state index contributed by atoms with van der Waals surface area (Å²) >= 11 is 1.60. The molecule has 0 aromatic heterocycles. The molecule has 5 rings (SSSR count). The van der Waals surface area contributed by atoms with Crippen LogP contribution in [0.3, 0.4) is 0 Å². The van der Waals surface area contributed by atoms with Crippen LogP contribution in [-0.2, 0) is 14.8 Å². The molecule has 1 saturated carbocycles. The van der Waals surface area contributed by atoms with Crippen molar-refractivity contribution in [2.75, 3.05) is 17.3 Å². The maximum atomic E-state index is 13.2. The Balaban J connectivity index is 1.37. The zero-order chi connectivity index (χ0) is 23.1. The summed E-state index contributed by atoms with van der Waals surface area (Å²) < 4.78 is 39.4. The van der Waals surface area contributed by atoms with Crippen LogP contribution < -0.4 is 19.5 Å². The standard InChI is InChI=1S/C23H25N3O5S2/c1-32-13-10-17(25-21-16-6-2-3-7-20(16)33(28,29)26-21)22(27)24-15-8-9-18-19(14-15)31-23(30-18)11-4-5-12-23/h2-3,6-9,14,17H,4-5,10-13H2,1H3,(H,24,27)(H,25,26)/t17-/m0/s1. The minimum atomic E-state index is -3.67. The van der Waals surface area contributed by atoms with Crippen LogP contribution in [0.15, 0.2) is 52.4 Å². The maximum absolute atomic E-state index is 13.2. The number of hydrogen-bond acceptors (Lipinski definition) is 7. The average molecular weight is 488 g/mol. The zero-order valence-electron chi connectivity index (χ0n) is 18.2. The number of thioether (sulfide) groups is 1. The molecule has 2 aliphatic heterocycles. The van der Waals surface area contributed by atoms with Crippen molar-refractivity contribution in [1.29, 1.82) is 0 Å². The molecule has 0 saturated heterocycles. The second-order valence-electron chi connectivity index (χ2n) is 8.35. The SMILES string of the molecule is CSCC[C@H](N=C1NS(=O)(=O)c2ccccc21)C(=O)Nc1ccc2c(c1)OC1(CCCC1)O2. The molecule has 33 heavy (non-hydrogen) atoms. The average Bonchev–Trinajstić information content (AvgIpc) is 3.47. The number of nitrogens with one attached hydrogen (secondary N) is 2. The van der Waals surface area contributed by atoms with Crippen LogP contribution in [0.4, 0.5) is 5.69 Å². The number of benzene rings is 2. The lowest BCUT2D eigenvalue weighted by atomic mass is 10.1. The van der Waals surface area contributed by atoms with Gasteiger partial charge in [-0.05, 0) is 55.5 Å². The number of amidine groups is 1. The van der Waals surface area contributed by atoms with Crippen LogP contribution in [0, 0.1) is 0 Å². The van der Waals surface area contributed by atoms with Gasteiger partial charge in [0.2, 0.25) is 5.91 Å². The third-order valence-electron chi connectivity index (χ3n) is 6.01. The Bertz CT molecular complexity index is 1220. The van der Waals surface area contributed by atoms with E-state index in [-0.39, 0.29) is 16.6 Å². The van der Waals surface area contributed by atoms with E-state index >= 15 is 0 Å². The molecule has 174 valence electrons. The van der Waals surface area contributed by atoms with Crippen molar-refractivity contribution in [3.8, 4) is 11.5 Å². The molecule has 8 nitrogen and oxygen atoms in total. The maximum Gasteiger partial charge on any atom is 0.263 e. The highest BCUT2D eigenvalue weighted by atomic mass is 32.2. The first kappa shape index (κ1) is 22.1. The second-order valence-corrected chi connectivity index (χ2v) is 11.0. The number of amides is 1. The number of rotatable bonds is 6. The number of fused-ring (bicyclic) bond motifs is 2. The molecular formula is C23H25N3O5S2. The van der Waals surface area contributed by atoms with Crippen LogP contribution in [0.5, 0.6) is 11.5 Å². The fourth-order valence-electron chi connectivity index (χ4n) is 4.38. The van der Waals surface area contributed by atoms with Gasteiger partial charge in [-0.15, -0.1) is 0 Å². The third kappa shape index (κ3) is 4.29. The number of aliphatic imine (C=N–C) groups is 1. The highest BCUT2D eigenvalue weighted by Gasteiger charge is 2.44. The molecule has 0 unspecified atom stereocenters. The molecule has 2 N–H and O–H groups in total. The molecule has 1 atom stereocenters. The van der Waals surface area contributed by atoms with E-state index in [2.05, 4.69) is 15.0 Å². The quantitative estimate of drug-likeness (QED) is 0.646. The van der Waals surface area contributed by atoms with Gasteiger partial charge in [-0.3, -0.25) is 14.5 Å². The van der Waals surface area contributed by atoms with Crippen LogP contribution in [0.2, 0.25) is 0 Å². The van der Waals surface area contributed by atoms with Crippen molar-refractivity contribution in [3.63, 3.8) is 0 Å². The van der Waals surface area contributed by atoms with Gasteiger partial charge in [-0.1, -0.05) is 12.1 Å². The van der Waals surface area contributed by atoms with Gasteiger partial charge < -0.3 is 14.8 Å². The number of nitrogens with zero attached hydrogens (tertiary/aromatic N) is 1. The Hall–Kier alpha value is -2.72. The van der Waals surface area contributed by atoms with E-state index in [0.29, 0.717) is 34.9 Å². The van der Waals surface area contributed by atoms with Crippen molar-refractivity contribution in [3.05, 3.63) is 48.0 Å². The highest BCUT2D eigenvalue weighted by Crippen LogP contribution is 2.47. The van der Waals surface area contributed by atoms with E-state index in [4.69, 9.17) is 9.47 Å². The Kier molecular flexibility index (Phi) is 5.74. The van der Waals surface area contributed by atoms with Crippen molar-refractivity contribution < 1.29 is 22.7 Å². The molecule has 1 fully saturated rings. The molecule has 1 spiro atoms. The molecular weight excluding hydrogens is 462 g/mol. The number of sulfonamides is 1.